The van der Waals surface area contributed by atoms with Crippen molar-refractivity contribution in [3.8, 4) is 5.75 Å². The van der Waals surface area contributed by atoms with Gasteiger partial charge in [0.25, 0.3) is 5.91 Å². The number of anilines is 1. The summed E-state index contributed by atoms with van der Waals surface area (Å²) in [5.74, 6) is 0.610. The number of hydrogen-bond donors (Lipinski definition) is 1. The Balaban J connectivity index is 1.54. The zero-order chi connectivity index (χ0) is 19.5. The van der Waals surface area contributed by atoms with Crippen LogP contribution in [-0.4, -0.2) is 41.0 Å². The van der Waals surface area contributed by atoms with Gasteiger partial charge in [0.1, 0.15) is 5.69 Å². The van der Waals surface area contributed by atoms with E-state index < -0.39 is 0 Å². The highest BCUT2D eigenvalue weighted by Gasteiger charge is 2.25. The second-order valence-electron chi connectivity index (χ2n) is 7.14. The molecule has 1 aliphatic rings. The summed E-state index contributed by atoms with van der Waals surface area (Å²) in [6, 6.07) is 14.2. The van der Waals surface area contributed by atoms with Crippen LogP contribution >= 0.6 is 0 Å². The molecular formula is C22H26N4O2. The largest absolute Gasteiger partial charge is 0.490 e. The Labute approximate surface area is 165 Å². The second kappa shape index (κ2) is 7.92. The van der Waals surface area contributed by atoms with Crippen LogP contribution in [0.5, 0.6) is 5.75 Å². The highest BCUT2D eigenvalue weighted by molar-refractivity contribution is 5.95. The molecule has 0 unspecified atom stereocenters. The maximum atomic E-state index is 13.1. The van der Waals surface area contributed by atoms with Crippen LogP contribution in [0.2, 0.25) is 0 Å². The summed E-state index contributed by atoms with van der Waals surface area (Å²) in [5, 5.41) is 3.22. The van der Waals surface area contributed by atoms with Crippen LogP contribution in [-0.2, 0) is 0 Å². The second-order valence-corrected chi connectivity index (χ2v) is 7.14. The van der Waals surface area contributed by atoms with Crippen molar-refractivity contribution in [3.05, 3.63) is 60.0 Å². The first-order valence-electron chi connectivity index (χ1n) is 9.88. The first-order chi connectivity index (χ1) is 13.7. The van der Waals surface area contributed by atoms with Gasteiger partial charge in [0.15, 0.2) is 11.4 Å². The minimum Gasteiger partial charge on any atom is -0.490 e. The van der Waals surface area contributed by atoms with Crippen molar-refractivity contribution in [2.45, 2.75) is 32.7 Å². The lowest BCUT2D eigenvalue weighted by Crippen LogP contribution is -2.48. The molecule has 6 heteroatoms. The fraction of sp³-hybridized carbons (Fsp3) is 0.364. The van der Waals surface area contributed by atoms with E-state index in [9.17, 15) is 4.79 Å². The number of piperidine rings is 1. The number of fused-ring (bicyclic) bond motifs is 1. The Morgan fingerprint density at radius 1 is 1.25 bits per heavy atom. The molecule has 1 atom stereocenters. The predicted octanol–water partition coefficient (Wildman–Crippen LogP) is 3.44. The summed E-state index contributed by atoms with van der Waals surface area (Å²) < 4.78 is 7.49. The quantitative estimate of drug-likeness (QED) is 0.739. The molecule has 2 aromatic heterocycles. The van der Waals surface area contributed by atoms with Gasteiger partial charge < -0.3 is 15.0 Å². The molecule has 1 fully saturated rings. The average molecular weight is 378 g/mol. The van der Waals surface area contributed by atoms with E-state index >= 15 is 0 Å². The van der Waals surface area contributed by atoms with Crippen molar-refractivity contribution >= 4 is 17.2 Å². The van der Waals surface area contributed by atoms with Crippen LogP contribution in [0.15, 0.2) is 48.7 Å². The lowest BCUT2D eigenvalue weighted by Gasteiger charge is -2.34. The fourth-order valence-corrected chi connectivity index (χ4v) is 3.92. The number of carbonyl (C=O) groups is 1. The molecule has 28 heavy (non-hydrogen) atoms. The van der Waals surface area contributed by atoms with E-state index in [1.165, 1.54) is 5.69 Å². The molecule has 0 aliphatic carbocycles. The van der Waals surface area contributed by atoms with E-state index in [-0.39, 0.29) is 11.9 Å². The topological polar surface area (TPSA) is 58.9 Å². The standard InChI is InChI=1S/C22H26N4O2/c1-3-28-19-12-8-14-26-20(16(2)23-21(19)26)22(27)24-17-9-7-13-25(15-17)18-10-5-4-6-11-18/h4-6,8,10-12,14,17H,3,7,9,13,15H2,1-2H3,(H,24,27)/t17-/m0/s1. The van der Waals surface area contributed by atoms with E-state index in [0.29, 0.717) is 29.4 Å². The van der Waals surface area contributed by atoms with Gasteiger partial charge in [-0.3, -0.25) is 9.20 Å². The molecule has 1 aliphatic heterocycles. The van der Waals surface area contributed by atoms with Crippen LogP contribution in [0.3, 0.4) is 0 Å². The Hall–Kier alpha value is -3.02. The molecule has 146 valence electrons. The van der Waals surface area contributed by atoms with E-state index in [4.69, 9.17) is 4.74 Å². The molecule has 1 saturated heterocycles. The molecule has 3 heterocycles. The van der Waals surface area contributed by atoms with Crippen molar-refractivity contribution in [1.82, 2.24) is 14.7 Å². The Morgan fingerprint density at radius 2 is 2.07 bits per heavy atom. The van der Waals surface area contributed by atoms with Crippen LogP contribution in [0.25, 0.3) is 5.65 Å². The maximum absolute atomic E-state index is 13.1. The van der Waals surface area contributed by atoms with E-state index in [0.717, 1.165) is 25.9 Å². The van der Waals surface area contributed by atoms with Gasteiger partial charge in [-0.2, -0.15) is 0 Å². The minimum atomic E-state index is -0.0847. The molecule has 0 spiro atoms. The summed E-state index contributed by atoms with van der Waals surface area (Å²) in [4.78, 5) is 20.0. The zero-order valence-electron chi connectivity index (χ0n) is 16.4. The van der Waals surface area contributed by atoms with Crippen LogP contribution in [0, 0.1) is 6.92 Å². The number of aromatic nitrogens is 2. The van der Waals surface area contributed by atoms with Crippen molar-refractivity contribution < 1.29 is 9.53 Å². The molecule has 1 N–H and O–H groups in total. The number of carbonyl (C=O) groups excluding carboxylic acids is 1. The average Bonchev–Trinajstić information content (AvgIpc) is 3.06. The number of hydrogen-bond acceptors (Lipinski definition) is 4. The van der Waals surface area contributed by atoms with Crippen LogP contribution < -0.4 is 15.0 Å². The molecule has 4 rings (SSSR count). The Bertz CT molecular complexity index is 967. The number of ether oxygens (including phenoxy) is 1. The third-order valence-electron chi connectivity index (χ3n) is 5.18. The number of pyridine rings is 1. The van der Waals surface area contributed by atoms with Gasteiger partial charge >= 0.3 is 0 Å². The third kappa shape index (κ3) is 3.54. The maximum Gasteiger partial charge on any atom is 0.270 e. The van der Waals surface area contributed by atoms with Crippen molar-refractivity contribution in [2.24, 2.45) is 0 Å². The Morgan fingerprint density at radius 3 is 2.86 bits per heavy atom. The van der Waals surface area contributed by atoms with Gasteiger partial charge in [-0.1, -0.05) is 18.2 Å². The first kappa shape index (κ1) is 18.3. The molecule has 3 aromatic rings. The SMILES string of the molecule is CCOc1cccn2c(C(=O)N[C@H]3CCCN(c4ccccc4)C3)c(C)nc12. The van der Waals surface area contributed by atoms with Crippen LogP contribution in [0.1, 0.15) is 35.9 Å². The summed E-state index contributed by atoms with van der Waals surface area (Å²) in [6.45, 7) is 6.20. The molecule has 1 amide bonds. The van der Waals surface area contributed by atoms with Crippen molar-refractivity contribution in [2.75, 3.05) is 24.6 Å². The number of benzene rings is 1. The number of amides is 1. The highest BCUT2D eigenvalue weighted by atomic mass is 16.5. The smallest absolute Gasteiger partial charge is 0.270 e. The summed E-state index contributed by atoms with van der Waals surface area (Å²) in [5.41, 5.74) is 3.17. The number of rotatable bonds is 5. The van der Waals surface area contributed by atoms with Gasteiger partial charge in [-0.15, -0.1) is 0 Å². The molecular weight excluding hydrogens is 352 g/mol. The number of imidazole rings is 1. The molecule has 6 nitrogen and oxygen atoms in total. The first-order valence-corrected chi connectivity index (χ1v) is 9.88. The van der Waals surface area contributed by atoms with Gasteiger partial charge in [0.05, 0.1) is 12.3 Å². The zero-order valence-corrected chi connectivity index (χ0v) is 16.4. The van der Waals surface area contributed by atoms with Crippen molar-refractivity contribution in [1.29, 1.82) is 0 Å². The number of nitrogens with zero attached hydrogens (tertiary/aromatic N) is 3. The molecule has 0 radical (unpaired) electrons. The normalized spacial score (nSPS) is 16.9. The number of aryl methyl sites for hydroxylation is 1. The lowest BCUT2D eigenvalue weighted by atomic mass is 10.0. The van der Waals surface area contributed by atoms with E-state index in [1.807, 2.05) is 42.6 Å². The highest BCUT2D eigenvalue weighted by Crippen LogP contribution is 2.23. The summed E-state index contributed by atoms with van der Waals surface area (Å²) in [7, 11) is 0. The van der Waals surface area contributed by atoms with E-state index in [2.05, 4.69) is 39.5 Å². The summed E-state index contributed by atoms with van der Waals surface area (Å²) in [6.07, 6.45) is 3.90. The molecule has 1 aromatic carbocycles. The fourth-order valence-electron chi connectivity index (χ4n) is 3.92. The Kier molecular flexibility index (Phi) is 5.19. The predicted molar refractivity (Wildman–Crippen MR) is 110 cm³/mol. The van der Waals surface area contributed by atoms with Gasteiger partial charge in [-0.05, 0) is 51.0 Å². The minimum absolute atomic E-state index is 0.0847. The van der Waals surface area contributed by atoms with E-state index in [1.54, 1.807) is 0 Å². The van der Waals surface area contributed by atoms with Crippen LogP contribution in [0.4, 0.5) is 5.69 Å². The van der Waals surface area contributed by atoms with Gasteiger partial charge in [0, 0.05) is 31.0 Å². The molecule has 0 bridgehead atoms. The molecule has 0 saturated carbocycles. The summed E-state index contributed by atoms with van der Waals surface area (Å²) >= 11 is 0. The van der Waals surface area contributed by atoms with Crippen molar-refractivity contribution in [3.63, 3.8) is 0 Å². The number of nitrogens with one attached hydrogen (secondary N) is 1. The third-order valence-corrected chi connectivity index (χ3v) is 5.18. The van der Waals surface area contributed by atoms with Gasteiger partial charge in [-0.25, -0.2) is 4.98 Å². The van der Waals surface area contributed by atoms with Gasteiger partial charge in [0.2, 0.25) is 0 Å². The lowest BCUT2D eigenvalue weighted by molar-refractivity contribution is 0.0926. The monoisotopic (exact) mass is 378 g/mol. The number of para-hydroxylation sites is 1.